The van der Waals surface area contributed by atoms with E-state index in [9.17, 15) is 9.18 Å². The molecular formula is C21H23ClFNO4. The van der Waals surface area contributed by atoms with Gasteiger partial charge in [0.05, 0.1) is 17.7 Å². The maximum atomic E-state index is 15.0. The quantitative estimate of drug-likeness (QED) is 0.727. The lowest BCUT2D eigenvalue weighted by molar-refractivity contribution is -0.0178. The third-order valence-corrected chi connectivity index (χ3v) is 4.83. The highest BCUT2D eigenvalue weighted by atomic mass is 35.5. The molecule has 0 aromatic heterocycles. The standard InChI is InChI=1S/C21H23ClFNO4/c1-11(2)27-17-6-5-12(7-15(17)22)13-9-18-14(8-16(13)23)19(28-20(24)25)21(3,4)10-26-18/h5-9,11,19H,10H2,1-4H3,(H2,24,25). The first kappa shape index (κ1) is 20.3. The van der Waals surface area contributed by atoms with Crippen LogP contribution in [-0.4, -0.2) is 18.8 Å². The molecule has 0 bridgehead atoms. The van der Waals surface area contributed by atoms with Crippen molar-refractivity contribution in [3.63, 3.8) is 0 Å². The molecule has 150 valence electrons. The molecular weight excluding hydrogens is 385 g/mol. The molecule has 1 aliphatic heterocycles. The number of primary amides is 1. The van der Waals surface area contributed by atoms with Gasteiger partial charge in [-0.05, 0) is 43.7 Å². The number of halogens is 2. The van der Waals surface area contributed by atoms with Gasteiger partial charge in [0.2, 0.25) is 0 Å². The first-order valence-electron chi connectivity index (χ1n) is 8.97. The van der Waals surface area contributed by atoms with Gasteiger partial charge in [0.25, 0.3) is 0 Å². The predicted octanol–water partition coefficient (Wildman–Crippen LogP) is 5.49. The Labute approximate surface area is 168 Å². The highest BCUT2D eigenvalue weighted by Crippen LogP contribution is 2.47. The van der Waals surface area contributed by atoms with Crippen molar-refractivity contribution < 1.29 is 23.4 Å². The third kappa shape index (κ3) is 4.02. The third-order valence-electron chi connectivity index (χ3n) is 4.53. The van der Waals surface area contributed by atoms with Gasteiger partial charge in [-0.25, -0.2) is 9.18 Å². The summed E-state index contributed by atoms with van der Waals surface area (Å²) in [6, 6.07) is 8.00. The Morgan fingerprint density at radius 2 is 2.04 bits per heavy atom. The summed E-state index contributed by atoms with van der Waals surface area (Å²) in [5.74, 6) is 0.499. The lowest BCUT2D eigenvalue weighted by Crippen LogP contribution is -2.37. The molecule has 5 nitrogen and oxygen atoms in total. The Morgan fingerprint density at radius 3 is 2.64 bits per heavy atom. The van der Waals surface area contributed by atoms with E-state index in [1.807, 2.05) is 27.7 Å². The molecule has 0 saturated heterocycles. The van der Waals surface area contributed by atoms with Crippen molar-refractivity contribution in [1.82, 2.24) is 0 Å². The van der Waals surface area contributed by atoms with Gasteiger partial charge in [0.1, 0.15) is 23.4 Å². The zero-order valence-electron chi connectivity index (χ0n) is 16.2. The molecule has 0 spiro atoms. The first-order chi connectivity index (χ1) is 13.1. The molecule has 0 radical (unpaired) electrons. The average Bonchev–Trinajstić information content (AvgIpc) is 2.59. The van der Waals surface area contributed by atoms with Crippen LogP contribution in [0.1, 0.15) is 39.4 Å². The molecule has 0 saturated carbocycles. The predicted molar refractivity (Wildman–Crippen MR) is 105 cm³/mol. The number of fused-ring (bicyclic) bond motifs is 1. The molecule has 2 N–H and O–H groups in total. The van der Waals surface area contributed by atoms with E-state index in [2.05, 4.69) is 0 Å². The van der Waals surface area contributed by atoms with Crippen LogP contribution < -0.4 is 15.2 Å². The monoisotopic (exact) mass is 407 g/mol. The average molecular weight is 408 g/mol. The largest absolute Gasteiger partial charge is 0.492 e. The Hall–Kier alpha value is -2.47. The highest BCUT2D eigenvalue weighted by Gasteiger charge is 2.41. The van der Waals surface area contributed by atoms with Crippen LogP contribution in [0.25, 0.3) is 11.1 Å². The minimum atomic E-state index is -0.914. The summed E-state index contributed by atoms with van der Waals surface area (Å²) in [6.07, 6.45) is -1.64. The summed E-state index contributed by atoms with van der Waals surface area (Å²) in [5, 5.41) is 0.389. The van der Waals surface area contributed by atoms with Gasteiger partial charge < -0.3 is 19.9 Å². The summed E-state index contributed by atoms with van der Waals surface area (Å²) < 4.78 is 31.7. The van der Waals surface area contributed by atoms with Gasteiger partial charge in [-0.1, -0.05) is 31.5 Å². The van der Waals surface area contributed by atoms with Crippen LogP contribution in [0.4, 0.5) is 9.18 Å². The van der Waals surface area contributed by atoms with E-state index in [1.54, 1.807) is 24.3 Å². The number of hydrogen-bond acceptors (Lipinski definition) is 4. The van der Waals surface area contributed by atoms with Crippen LogP contribution in [0.2, 0.25) is 5.02 Å². The van der Waals surface area contributed by atoms with Crippen LogP contribution in [0, 0.1) is 11.2 Å². The molecule has 1 atom stereocenters. The van der Waals surface area contributed by atoms with Gasteiger partial charge in [0, 0.05) is 16.5 Å². The van der Waals surface area contributed by atoms with Crippen LogP contribution in [0.15, 0.2) is 30.3 Å². The Bertz CT molecular complexity index is 914. The molecule has 1 heterocycles. The van der Waals surface area contributed by atoms with Gasteiger partial charge in [-0.15, -0.1) is 0 Å². The van der Waals surface area contributed by atoms with Gasteiger partial charge in [-0.2, -0.15) is 0 Å². The summed E-state index contributed by atoms with van der Waals surface area (Å²) in [7, 11) is 0. The minimum Gasteiger partial charge on any atom is -0.492 e. The lowest BCUT2D eigenvalue weighted by atomic mass is 9.80. The molecule has 0 fully saturated rings. The topological polar surface area (TPSA) is 70.8 Å². The van der Waals surface area contributed by atoms with Crippen molar-refractivity contribution >= 4 is 17.7 Å². The zero-order valence-corrected chi connectivity index (χ0v) is 17.0. The maximum absolute atomic E-state index is 15.0. The number of carbonyl (C=O) groups is 1. The normalized spacial score (nSPS) is 17.6. The van der Waals surface area contributed by atoms with Crippen molar-refractivity contribution in [1.29, 1.82) is 0 Å². The fourth-order valence-corrected chi connectivity index (χ4v) is 3.46. The Morgan fingerprint density at radius 1 is 1.32 bits per heavy atom. The molecule has 1 amide bonds. The molecule has 28 heavy (non-hydrogen) atoms. The van der Waals surface area contributed by atoms with Crippen molar-refractivity contribution in [3.8, 4) is 22.6 Å². The van der Waals surface area contributed by atoms with Crippen molar-refractivity contribution in [2.45, 2.75) is 39.9 Å². The number of carbonyl (C=O) groups excluding carboxylic acids is 1. The van der Waals surface area contributed by atoms with Crippen molar-refractivity contribution in [3.05, 3.63) is 46.7 Å². The van der Waals surface area contributed by atoms with E-state index in [4.69, 9.17) is 31.5 Å². The van der Waals surface area contributed by atoms with Crippen LogP contribution in [0.5, 0.6) is 11.5 Å². The number of amides is 1. The van der Waals surface area contributed by atoms with Crippen molar-refractivity contribution in [2.24, 2.45) is 11.1 Å². The second-order valence-electron chi connectivity index (χ2n) is 7.78. The highest BCUT2D eigenvalue weighted by molar-refractivity contribution is 6.32. The fourth-order valence-electron chi connectivity index (χ4n) is 3.24. The van der Waals surface area contributed by atoms with E-state index >= 15 is 0 Å². The molecule has 7 heteroatoms. The number of hydrogen-bond donors (Lipinski definition) is 1. The summed E-state index contributed by atoms with van der Waals surface area (Å²) in [4.78, 5) is 11.3. The van der Waals surface area contributed by atoms with E-state index < -0.39 is 23.4 Å². The summed E-state index contributed by atoms with van der Waals surface area (Å²) >= 11 is 6.29. The van der Waals surface area contributed by atoms with E-state index in [-0.39, 0.29) is 6.10 Å². The number of nitrogens with two attached hydrogens (primary N) is 1. The second-order valence-corrected chi connectivity index (χ2v) is 8.18. The van der Waals surface area contributed by atoms with Gasteiger partial charge in [0.15, 0.2) is 0 Å². The SMILES string of the molecule is CC(C)Oc1ccc(-c2cc3c(cc2F)C(OC(N)=O)C(C)(C)CO3)cc1Cl. The van der Waals surface area contributed by atoms with Gasteiger partial charge in [-0.3, -0.25) is 0 Å². The Balaban J connectivity index is 2.02. The smallest absolute Gasteiger partial charge is 0.405 e. The summed E-state index contributed by atoms with van der Waals surface area (Å²) in [6.45, 7) is 7.82. The summed E-state index contributed by atoms with van der Waals surface area (Å²) in [5.41, 5.74) is 6.02. The number of rotatable bonds is 4. The van der Waals surface area contributed by atoms with Crippen LogP contribution in [-0.2, 0) is 4.74 Å². The van der Waals surface area contributed by atoms with Crippen molar-refractivity contribution in [2.75, 3.05) is 6.61 Å². The van der Waals surface area contributed by atoms with E-state index in [0.29, 0.717) is 39.8 Å². The molecule has 1 aliphatic rings. The van der Waals surface area contributed by atoms with E-state index in [1.165, 1.54) is 6.07 Å². The molecule has 2 aromatic carbocycles. The zero-order chi connectivity index (χ0) is 20.6. The number of benzene rings is 2. The second kappa shape index (κ2) is 7.51. The Kier molecular flexibility index (Phi) is 5.44. The number of ether oxygens (including phenoxy) is 3. The molecule has 1 unspecified atom stereocenters. The van der Waals surface area contributed by atoms with Crippen LogP contribution >= 0.6 is 11.6 Å². The minimum absolute atomic E-state index is 0.0252. The van der Waals surface area contributed by atoms with E-state index in [0.717, 1.165) is 0 Å². The first-order valence-corrected chi connectivity index (χ1v) is 9.35. The molecule has 3 rings (SSSR count). The molecule has 2 aromatic rings. The molecule has 0 aliphatic carbocycles. The fraction of sp³-hybridized carbons (Fsp3) is 0.381. The van der Waals surface area contributed by atoms with Gasteiger partial charge >= 0.3 is 6.09 Å². The lowest BCUT2D eigenvalue weighted by Gasteiger charge is -2.38. The van der Waals surface area contributed by atoms with Crippen LogP contribution in [0.3, 0.4) is 0 Å². The maximum Gasteiger partial charge on any atom is 0.405 e.